The number of carbonyl (C=O) groups excluding carboxylic acids is 1. The number of carbonyl (C=O) groups is 1. The van der Waals surface area contributed by atoms with Crippen molar-refractivity contribution in [1.29, 1.82) is 0 Å². The topological polar surface area (TPSA) is 66.5 Å². The summed E-state index contributed by atoms with van der Waals surface area (Å²) < 4.78 is 26.6. The summed E-state index contributed by atoms with van der Waals surface area (Å²) in [6.07, 6.45) is 0. The molecule has 0 saturated heterocycles. The van der Waals surface area contributed by atoms with Crippen molar-refractivity contribution in [2.45, 2.75) is 17.9 Å². The Morgan fingerprint density at radius 1 is 1.27 bits per heavy atom. The largest absolute Gasteiger partial charge is 0.292 e. The Morgan fingerprint density at radius 3 is 2.50 bits per heavy atom. The Hall–Kier alpha value is -1.70. The van der Waals surface area contributed by atoms with Gasteiger partial charge in [0, 0.05) is 5.38 Å². The van der Waals surface area contributed by atoms with Gasteiger partial charge in [-0.1, -0.05) is 37.3 Å². The van der Waals surface area contributed by atoms with E-state index in [2.05, 4.69) is 4.72 Å². The first-order chi connectivity index (χ1) is 10.5. The van der Waals surface area contributed by atoms with Crippen molar-refractivity contribution in [3.05, 3.63) is 52.7 Å². The summed E-state index contributed by atoms with van der Waals surface area (Å²) >= 11 is 1.27. The fourth-order valence-electron chi connectivity index (χ4n) is 2.08. The fourth-order valence-corrected chi connectivity index (χ4v) is 4.09. The Bertz CT molecular complexity index is 713. The Labute approximate surface area is 134 Å². The zero-order chi connectivity index (χ0) is 16.2. The lowest BCUT2D eigenvalue weighted by Gasteiger charge is -2.26. The van der Waals surface area contributed by atoms with Gasteiger partial charge in [-0.05, 0) is 30.6 Å². The molecule has 0 aliphatic carbocycles. The molecular formula is C15H18N2O3S2. The molecular weight excluding hydrogens is 320 g/mol. The van der Waals surface area contributed by atoms with E-state index in [4.69, 9.17) is 0 Å². The van der Waals surface area contributed by atoms with Crippen molar-refractivity contribution in [2.75, 3.05) is 13.6 Å². The Kier molecular flexibility index (Phi) is 5.33. The maximum absolute atomic E-state index is 12.5. The first-order valence-corrected chi connectivity index (χ1v) is 9.22. The van der Waals surface area contributed by atoms with Crippen molar-refractivity contribution in [2.24, 2.45) is 0 Å². The van der Waals surface area contributed by atoms with Crippen molar-refractivity contribution < 1.29 is 13.2 Å². The van der Waals surface area contributed by atoms with Gasteiger partial charge >= 0.3 is 0 Å². The molecule has 1 heterocycles. The molecule has 0 aliphatic heterocycles. The number of benzene rings is 1. The fraction of sp³-hybridized carbons (Fsp3) is 0.267. The standard InChI is InChI=1S/C15H18N2O3S2/c1-3-17(2)14(12-7-5-4-6-8-12)15(18)16-22(19,20)13-9-10-21-11-13/h4-11,14H,3H2,1-2H3,(H,16,18)/t14-/m1/s1. The van der Waals surface area contributed by atoms with Crippen LogP contribution in [-0.4, -0.2) is 32.8 Å². The average Bonchev–Trinajstić information content (AvgIpc) is 3.03. The lowest BCUT2D eigenvalue weighted by molar-refractivity contribution is -0.124. The first kappa shape index (κ1) is 16.7. The van der Waals surface area contributed by atoms with Crippen molar-refractivity contribution in [1.82, 2.24) is 9.62 Å². The highest BCUT2D eigenvalue weighted by Gasteiger charge is 2.28. The number of likely N-dealkylation sites (N-methyl/N-ethyl adjacent to an activating group) is 1. The third kappa shape index (κ3) is 3.73. The van der Waals surface area contributed by atoms with E-state index in [0.29, 0.717) is 6.54 Å². The molecule has 1 aromatic heterocycles. The summed E-state index contributed by atoms with van der Waals surface area (Å²) in [5, 5.41) is 3.16. The highest BCUT2D eigenvalue weighted by Crippen LogP contribution is 2.21. The van der Waals surface area contributed by atoms with E-state index in [1.807, 2.05) is 37.3 Å². The van der Waals surface area contributed by atoms with E-state index in [1.165, 1.54) is 22.8 Å². The van der Waals surface area contributed by atoms with Crippen molar-refractivity contribution >= 4 is 27.3 Å². The van der Waals surface area contributed by atoms with E-state index in [1.54, 1.807) is 17.3 Å². The van der Waals surface area contributed by atoms with Crippen LogP contribution in [0, 0.1) is 0 Å². The Balaban J connectivity index is 2.27. The van der Waals surface area contributed by atoms with Crippen LogP contribution in [0.25, 0.3) is 0 Å². The highest BCUT2D eigenvalue weighted by molar-refractivity contribution is 7.90. The van der Waals surface area contributed by atoms with E-state index >= 15 is 0 Å². The molecule has 0 fully saturated rings. The lowest BCUT2D eigenvalue weighted by atomic mass is 10.1. The minimum Gasteiger partial charge on any atom is -0.292 e. The van der Waals surface area contributed by atoms with Crippen molar-refractivity contribution in [3.63, 3.8) is 0 Å². The second-order valence-corrected chi connectivity index (χ2v) is 7.28. The van der Waals surface area contributed by atoms with Gasteiger partial charge in [-0.3, -0.25) is 9.69 Å². The zero-order valence-corrected chi connectivity index (χ0v) is 14.0. The van der Waals surface area contributed by atoms with E-state index in [0.717, 1.165) is 5.56 Å². The van der Waals surface area contributed by atoms with Gasteiger partial charge in [0.05, 0.1) is 4.90 Å². The predicted octanol–water partition coefficient (Wildman–Crippen LogP) is 2.25. The molecule has 0 bridgehead atoms. The molecule has 0 saturated carbocycles. The molecule has 0 aliphatic rings. The number of hydrogen-bond acceptors (Lipinski definition) is 5. The van der Waals surface area contributed by atoms with Gasteiger partial charge in [0.1, 0.15) is 6.04 Å². The summed E-state index contributed by atoms with van der Waals surface area (Å²) in [6.45, 7) is 2.53. The molecule has 1 amide bonds. The summed E-state index contributed by atoms with van der Waals surface area (Å²) in [5.74, 6) is -0.554. The van der Waals surface area contributed by atoms with Crippen LogP contribution >= 0.6 is 11.3 Å². The smallest absolute Gasteiger partial charge is 0.264 e. The van der Waals surface area contributed by atoms with Crippen LogP contribution in [0.1, 0.15) is 18.5 Å². The van der Waals surface area contributed by atoms with Crippen LogP contribution in [0.5, 0.6) is 0 Å². The second kappa shape index (κ2) is 7.04. The van der Waals surface area contributed by atoms with Gasteiger partial charge in [0.25, 0.3) is 15.9 Å². The minimum atomic E-state index is -3.83. The average molecular weight is 338 g/mol. The second-order valence-electron chi connectivity index (χ2n) is 4.82. The maximum Gasteiger partial charge on any atom is 0.264 e. The highest BCUT2D eigenvalue weighted by atomic mass is 32.2. The summed E-state index contributed by atoms with van der Waals surface area (Å²) in [6, 6.07) is 9.95. The third-order valence-corrected chi connectivity index (χ3v) is 5.52. The summed E-state index contributed by atoms with van der Waals surface area (Å²) in [4.78, 5) is 14.4. The molecule has 118 valence electrons. The van der Waals surface area contributed by atoms with Crippen LogP contribution < -0.4 is 4.72 Å². The molecule has 2 rings (SSSR count). The van der Waals surface area contributed by atoms with Gasteiger partial charge in [-0.15, -0.1) is 0 Å². The molecule has 1 aromatic carbocycles. The maximum atomic E-state index is 12.5. The first-order valence-electron chi connectivity index (χ1n) is 6.79. The molecule has 0 unspecified atom stereocenters. The molecule has 1 atom stereocenters. The summed E-state index contributed by atoms with van der Waals surface area (Å²) in [5.41, 5.74) is 0.755. The van der Waals surface area contributed by atoms with Gasteiger partial charge in [-0.25, -0.2) is 13.1 Å². The number of nitrogens with zero attached hydrogens (tertiary/aromatic N) is 1. The van der Waals surface area contributed by atoms with Crippen LogP contribution in [-0.2, 0) is 14.8 Å². The number of amides is 1. The van der Waals surface area contributed by atoms with E-state index in [-0.39, 0.29) is 4.90 Å². The monoisotopic (exact) mass is 338 g/mol. The van der Waals surface area contributed by atoms with Crippen LogP contribution in [0.4, 0.5) is 0 Å². The molecule has 22 heavy (non-hydrogen) atoms. The third-order valence-electron chi connectivity index (χ3n) is 3.34. The predicted molar refractivity (Wildman–Crippen MR) is 87.1 cm³/mol. The molecule has 5 nitrogen and oxygen atoms in total. The minimum absolute atomic E-state index is 0.108. The molecule has 7 heteroatoms. The number of thiophene rings is 1. The Morgan fingerprint density at radius 2 is 1.95 bits per heavy atom. The van der Waals surface area contributed by atoms with Crippen LogP contribution in [0.2, 0.25) is 0 Å². The molecule has 2 aromatic rings. The number of nitrogens with one attached hydrogen (secondary N) is 1. The van der Waals surface area contributed by atoms with Gasteiger partial charge in [0.15, 0.2) is 0 Å². The van der Waals surface area contributed by atoms with E-state index < -0.39 is 22.0 Å². The zero-order valence-electron chi connectivity index (χ0n) is 12.4. The number of sulfonamides is 1. The van der Waals surface area contributed by atoms with Crippen LogP contribution in [0.3, 0.4) is 0 Å². The molecule has 1 N–H and O–H groups in total. The van der Waals surface area contributed by atoms with E-state index in [9.17, 15) is 13.2 Å². The van der Waals surface area contributed by atoms with Gasteiger partial charge in [0.2, 0.25) is 0 Å². The number of hydrogen-bond donors (Lipinski definition) is 1. The quantitative estimate of drug-likeness (QED) is 0.877. The summed E-state index contributed by atoms with van der Waals surface area (Å²) in [7, 11) is -2.04. The molecule has 0 spiro atoms. The van der Waals surface area contributed by atoms with Crippen LogP contribution in [0.15, 0.2) is 52.1 Å². The van der Waals surface area contributed by atoms with Gasteiger partial charge < -0.3 is 0 Å². The number of rotatable bonds is 6. The molecule has 0 radical (unpaired) electrons. The van der Waals surface area contributed by atoms with Crippen molar-refractivity contribution in [3.8, 4) is 0 Å². The lowest BCUT2D eigenvalue weighted by Crippen LogP contribution is -2.41. The normalized spacial score (nSPS) is 13.0. The van der Waals surface area contributed by atoms with Gasteiger partial charge in [-0.2, -0.15) is 11.3 Å². The SMILES string of the molecule is CCN(C)[C@@H](C(=O)NS(=O)(=O)c1ccsc1)c1ccccc1.